The largest absolute Gasteiger partial charge is 0.497 e. The average Bonchev–Trinajstić information content (AvgIpc) is 2.59. The molecule has 0 heterocycles. The molecule has 6 nitrogen and oxygen atoms in total. The fraction of sp³-hybridized carbons (Fsp3) is 0.235. The molecule has 0 aliphatic rings. The highest BCUT2D eigenvalue weighted by Gasteiger charge is 2.10. The summed E-state index contributed by atoms with van der Waals surface area (Å²) >= 11 is 0. The van der Waals surface area contributed by atoms with E-state index in [1.54, 1.807) is 13.2 Å². The van der Waals surface area contributed by atoms with Gasteiger partial charge in [0.15, 0.2) is 0 Å². The fourth-order valence-electron chi connectivity index (χ4n) is 2.20. The van der Waals surface area contributed by atoms with E-state index in [0.717, 1.165) is 18.6 Å². The number of anilines is 1. The molecule has 0 spiro atoms. The second kappa shape index (κ2) is 7.80. The predicted octanol–water partition coefficient (Wildman–Crippen LogP) is 3.52. The van der Waals surface area contributed by atoms with Crippen LogP contribution in [0.4, 0.5) is 11.4 Å². The normalized spacial score (nSPS) is 9.91. The maximum absolute atomic E-state index is 10.7. The zero-order chi connectivity index (χ0) is 16.7. The molecule has 0 unspecified atom stereocenters. The number of aryl methyl sites for hydroxylation is 1. The van der Waals surface area contributed by atoms with Gasteiger partial charge in [0, 0.05) is 18.7 Å². The van der Waals surface area contributed by atoms with Crippen molar-refractivity contribution in [3.05, 3.63) is 63.7 Å². The fourth-order valence-corrected chi connectivity index (χ4v) is 2.20. The Hall–Kier alpha value is -3.07. The number of nitrogens with zero attached hydrogens (tertiary/aromatic N) is 2. The van der Waals surface area contributed by atoms with Crippen LogP contribution in [0.25, 0.3) is 0 Å². The summed E-state index contributed by atoms with van der Waals surface area (Å²) < 4.78 is 5.11. The summed E-state index contributed by atoms with van der Waals surface area (Å²) in [5.74, 6) is 0.830. The van der Waals surface area contributed by atoms with E-state index in [0.29, 0.717) is 12.2 Å². The van der Waals surface area contributed by atoms with Crippen molar-refractivity contribution >= 4 is 11.4 Å². The van der Waals surface area contributed by atoms with Gasteiger partial charge in [0.25, 0.3) is 5.69 Å². The molecule has 0 aliphatic heterocycles. The van der Waals surface area contributed by atoms with Gasteiger partial charge >= 0.3 is 0 Å². The van der Waals surface area contributed by atoms with Crippen molar-refractivity contribution in [1.29, 1.82) is 5.26 Å². The molecule has 1 N–H and O–H groups in total. The minimum atomic E-state index is -0.506. The van der Waals surface area contributed by atoms with Crippen LogP contribution < -0.4 is 10.1 Å². The summed E-state index contributed by atoms with van der Waals surface area (Å²) in [7, 11) is 1.63. The Balaban J connectivity index is 1.88. The smallest absolute Gasteiger partial charge is 0.270 e. The van der Waals surface area contributed by atoms with E-state index in [1.165, 1.54) is 17.7 Å². The summed E-state index contributed by atoms with van der Waals surface area (Å²) in [4.78, 5) is 10.2. The molecule has 0 amide bonds. The number of non-ortho nitro benzene ring substituents is 1. The quantitative estimate of drug-likeness (QED) is 0.480. The lowest BCUT2D eigenvalue weighted by molar-refractivity contribution is -0.384. The molecule has 118 valence electrons. The number of nitro benzene ring substituents is 1. The third-order valence-corrected chi connectivity index (χ3v) is 3.45. The van der Waals surface area contributed by atoms with Gasteiger partial charge in [0.2, 0.25) is 0 Å². The number of rotatable bonds is 7. The van der Waals surface area contributed by atoms with Gasteiger partial charge in [-0.1, -0.05) is 12.1 Å². The Morgan fingerprint density at radius 3 is 2.61 bits per heavy atom. The summed E-state index contributed by atoms with van der Waals surface area (Å²) in [6.07, 6.45) is 1.78. The molecular weight excluding hydrogens is 294 g/mol. The topological polar surface area (TPSA) is 88.2 Å². The van der Waals surface area contributed by atoms with Crippen molar-refractivity contribution in [2.45, 2.75) is 12.8 Å². The number of benzene rings is 2. The maximum Gasteiger partial charge on any atom is 0.270 e. The van der Waals surface area contributed by atoms with Crippen molar-refractivity contribution in [3.63, 3.8) is 0 Å². The molecule has 0 saturated carbocycles. The van der Waals surface area contributed by atoms with Crippen molar-refractivity contribution in [1.82, 2.24) is 0 Å². The summed E-state index contributed by atoms with van der Waals surface area (Å²) in [6, 6.07) is 14.1. The summed E-state index contributed by atoms with van der Waals surface area (Å²) in [5.41, 5.74) is 2.03. The van der Waals surface area contributed by atoms with E-state index >= 15 is 0 Å². The highest BCUT2D eigenvalue weighted by molar-refractivity contribution is 5.61. The highest BCUT2D eigenvalue weighted by Crippen LogP contribution is 2.21. The standard InChI is InChI=1S/C17H17N3O3/c1-23-16-7-4-13(5-8-16)3-2-10-19-17-9-6-15(20(21)22)11-14(17)12-18/h4-9,11,19H,2-3,10H2,1H3. The Kier molecular flexibility index (Phi) is 5.53. The molecule has 2 aromatic rings. The van der Waals surface area contributed by atoms with Crippen molar-refractivity contribution in [2.75, 3.05) is 19.0 Å². The molecular formula is C17H17N3O3. The molecule has 23 heavy (non-hydrogen) atoms. The van der Waals surface area contributed by atoms with Gasteiger partial charge in [-0.15, -0.1) is 0 Å². The van der Waals surface area contributed by atoms with E-state index in [-0.39, 0.29) is 11.3 Å². The van der Waals surface area contributed by atoms with Crippen LogP contribution in [0.2, 0.25) is 0 Å². The van der Waals surface area contributed by atoms with Crippen LogP contribution in [0.3, 0.4) is 0 Å². The van der Waals surface area contributed by atoms with Gasteiger partial charge in [0.1, 0.15) is 11.8 Å². The van der Waals surface area contributed by atoms with Gasteiger partial charge in [0.05, 0.1) is 23.3 Å². The van der Waals surface area contributed by atoms with E-state index < -0.39 is 4.92 Å². The highest BCUT2D eigenvalue weighted by atomic mass is 16.6. The number of nitro groups is 1. The molecule has 0 aliphatic carbocycles. The molecule has 0 saturated heterocycles. The van der Waals surface area contributed by atoms with E-state index in [9.17, 15) is 10.1 Å². The third-order valence-electron chi connectivity index (χ3n) is 3.45. The monoisotopic (exact) mass is 311 g/mol. The number of methoxy groups -OCH3 is 1. The molecule has 0 fully saturated rings. The minimum Gasteiger partial charge on any atom is -0.497 e. The second-order valence-electron chi connectivity index (χ2n) is 4.98. The van der Waals surface area contributed by atoms with Crippen LogP contribution in [-0.2, 0) is 6.42 Å². The van der Waals surface area contributed by atoms with Crippen LogP contribution in [0.5, 0.6) is 5.75 Å². The zero-order valence-electron chi connectivity index (χ0n) is 12.8. The van der Waals surface area contributed by atoms with Crippen LogP contribution in [0.1, 0.15) is 17.5 Å². The molecule has 0 aromatic heterocycles. The van der Waals surface area contributed by atoms with E-state index in [1.807, 2.05) is 30.3 Å². The lowest BCUT2D eigenvalue weighted by Crippen LogP contribution is -2.05. The number of hydrogen-bond donors (Lipinski definition) is 1. The van der Waals surface area contributed by atoms with Gasteiger partial charge in [-0.05, 0) is 36.6 Å². The van der Waals surface area contributed by atoms with E-state index in [2.05, 4.69) is 5.32 Å². The molecule has 2 rings (SSSR count). The number of nitriles is 1. The molecule has 0 bridgehead atoms. The minimum absolute atomic E-state index is 0.0784. The van der Waals surface area contributed by atoms with Crippen LogP contribution >= 0.6 is 0 Å². The average molecular weight is 311 g/mol. The van der Waals surface area contributed by atoms with Crippen molar-refractivity contribution < 1.29 is 9.66 Å². The van der Waals surface area contributed by atoms with E-state index in [4.69, 9.17) is 10.00 Å². The van der Waals surface area contributed by atoms with Gasteiger partial charge in [-0.25, -0.2) is 0 Å². The lowest BCUT2D eigenvalue weighted by Gasteiger charge is -2.08. The predicted molar refractivity (Wildman–Crippen MR) is 87.6 cm³/mol. The van der Waals surface area contributed by atoms with Gasteiger partial charge in [-0.2, -0.15) is 5.26 Å². The first-order valence-electron chi connectivity index (χ1n) is 7.19. The molecule has 2 aromatic carbocycles. The van der Waals surface area contributed by atoms with Crippen LogP contribution in [0, 0.1) is 21.4 Å². The Morgan fingerprint density at radius 1 is 1.26 bits per heavy atom. The molecule has 6 heteroatoms. The first kappa shape index (κ1) is 16.3. The third kappa shape index (κ3) is 4.45. The number of ether oxygens (including phenoxy) is 1. The Bertz CT molecular complexity index is 721. The van der Waals surface area contributed by atoms with Gasteiger partial charge in [-0.3, -0.25) is 10.1 Å². The van der Waals surface area contributed by atoms with Crippen LogP contribution in [0.15, 0.2) is 42.5 Å². The zero-order valence-corrected chi connectivity index (χ0v) is 12.8. The Morgan fingerprint density at radius 2 is 2.00 bits per heavy atom. The number of hydrogen-bond acceptors (Lipinski definition) is 5. The van der Waals surface area contributed by atoms with Crippen molar-refractivity contribution in [2.24, 2.45) is 0 Å². The molecule has 0 atom stereocenters. The lowest BCUT2D eigenvalue weighted by atomic mass is 10.1. The van der Waals surface area contributed by atoms with Gasteiger partial charge < -0.3 is 10.1 Å². The Labute approximate surface area is 134 Å². The first-order chi connectivity index (χ1) is 11.1. The summed E-state index contributed by atoms with van der Waals surface area (Å²) in [6.45, 7) is 0.679. The molecule has 0 radical (unpaired) electrons. The van der Waals surface area contributed by atoms with Crippen LogP contribution in [-0.4, -0.2) is 18.6 Å². The summed E-state index contributed by atoms with van der Waals surface area (Å²) in [5, 5.41) is 22.9. The first-order valence-corrected chi connectivity index (χ1v) is 7.19. The second-order valence-corrected chi connectivity index (χ2v) is 4.98. The SMILES string of the molecule is COc1ccc(CCCNc2ccc([N+](=O)[O-])cc2C#N)cc1. The number of nitrogens with one attached hydrogen (secondary N) is 1. The van der Waals surface area contributed by atoms with Crippen molar-refractivity contribution in [3.8, 4) is 11.8 Å². The maximum atomic E-state index is 10.7.